The molecule has 0 saturated heterocycles. The molecule has 0 amide bonds. The zero-order valence-electron chi connectivity index (χ0n) is 10.1. The lowest BCUT2D eigenvalue weighted by molar-refractivity contribution is 0.319. The first-order valence-corrected chi connectivity index (χ1v) is 7.05. The highest BCUT2D eigenvalue weighted by Crippen LogP contribution is 2.38. The van der Waals surface area contributed by atoms with E-state index in [0.29, 0.717) is 0 Å². The fourth-order valence-electron chi connectivity index (χ4n) is 3.56. The molecule has 2 rings (SSSR count). The maximum absolute atomic E-state index is 4.36. The van der Waals surface area contributed by atoms with Crippen LogP contribution in [0.25, 0.3) is 0 Å². The fourth-order valence-corrected chi connectivity index (χ4v) is 3.56. The predicted octanol–water partition coefficient (Wildman–Crippen LogP) is 5.09. The van der Waals surface area contributed by atoms with E-state index >= 15 is 0 Å². The summed E-state index contributed by atoms with van der Waals surface area (Å²) in [6, 6.07) is 0. The molecule has 0 aromatic heterocycles. The number of hydrogen-bond donors (Lipinski definition) is 0. The summed E-state index contributed by atoms with van der Waals surface area (Å²) in [4.78, 5) is 0. The third-order valence-corrected chi connectivity index (χ3v) is 4.51. The monoisotopic (exact) mass is 206 g/mol. The molecule has 0 heterocycles. The molecular weight excluding hydrogens is 180 g/mol. The molecule has 1 unspecified atom stereocenters. The Morgan fingerprint density at radius 3 is 2.07 bits per heavy atom. The first-order valence-electron chi connectivity index (χ1n) is 7.05. The summed E-state index contributed by atoms with van der Waals surface area (Å²) >= 11 is 0. The minimum Gasteiger partial charge on any atom is -0.0996 e. The van der Waals surface area contributed by atoms with Gasteiger partial charge in [0.25, 0.3) is 0 Å². The molecule has 1 atom stereocenters. The Morgan fingerprint density at radius 2 is 1.33 bits per heavy atom. The topological polar surface area (TPSA) is 0 Å². The summed E-state index contributed by atoms with van der Waals surface area (Å²) < 4.78 is 0. The molecule has 0 nitrogen and oxygen atoms in total. The Labute approximate surface area is 95.1 Å². The van der Waals surface area contributed by atoms with Crippen LogP contribution < -0.4 is 0 Å². The summed E-state index contributed by atoms with van der Waals surface area (Å²) in [7, 11) is 0. The second kappa shape index (κ2) is 5.72. The van der Waals surface area contributed by atoms with Gasteiger partial charge in [0.15, 0.2) is 0 Å². The second-order valence-corrected chi connectivity index (χ2v) is 5.62. The van der Waals surface area contributed by atoms with Gasteiger partial charge in [0.05, 0.1) is 0 Å². The van der Waals surface area contributed by atoms with E-state index in [9.17, 15) is 0 Å². The largest absolute Gasteiger partial charge is 0.0996 e. The molecule has 0 aliphatic heterocycles. The minimum absolute atomic E-state index is 0.894. The zero-order chi connectivity index (χ0) is 10.5. The van der Waals surface area contributed by atoms with Crippen molar-refractivity contribution >= 4 is 0 Å². The highest BCUT2D eigenvalue weighted by atomic mass is 14.3. The lowest BCUT2D eigenvalue weighted by Crippen LogP contribution is -2.15. The normalized spacial score (nSPS) is 30.9. The van der Waals surface area contributed by atoms with Crippen LogP contribution in [0, 0.1) is 11.8 Å². The van der Waals surface area contributed by atoms with Crippen LogP contribution in [0.5, 0.6) is 0 Å². The van der Waals surface area contributed by atoms with Gasteiger partial charge < -0.3 is 0 Å². The van der Waals surface area contributed by atoms with Gasteiger partial charge in [0.1, 0.15) is 0 Å². The van der Waals surface area contributed by atoms with Gasteiger partial charge >= 0.3 is 0 Å². The quantitative estimate of drug-likeness (QED) is 0.414. The van der Waals surface area contributed by atoms with Crippen LogP contribution in [0.15, 0.2) is 12.2 Å². The number of hydrogen-bond acceptors (Lipinski definition) is 0. The minimum atomic E-state index is 0.894. The molecule has 2 aliphatic carbocycles. The molecule has 0 radical (unpaired) electrons. The first kappa shape index (κ1) is 11.2. The van der Waals surface area contributed by atoms with Crippen LogP contribution in [0.1, 0.15) is 70.6 Å². The fraction of sp³-hybridized carbons (Fsp3) is 0.867. The third-order valence-electron chi connectivity index (χ3n) is 4.51. The molecule has 2 saturated carbocycles. The Balaban J connectivity index is 1.95. The van der Waals surface area contributed by atoms with Crippen LogP contribution in [0.2, 0.25) is 0 Å². The molecule has 86 valence electrons. The smallest absolute Gasteiger partial charge is 0.0178 e. The highest BCUT2D eigenvalue weighted by molar-refractivity contribution is 5.04. The van der Waals surface area contributed by atoms with Crippen molar-refractivity contribution < 1.29 is 0 Å². The van der Waals surface area contributed by atoms with Gasteiger partial charge in [-0.05, 0) is 43.9 Å². The standard InChI is InChI=1S/C15H26/c1-13-9-5-4-8-12-15(13)14-10-6-2-3-7-11-14/h14-15H,1-12H2. The lowest BCUT2D eigenvalue weighted by Gasteiger charge is -2.26. The van der Waals surface area contributed by atoms with Crippen LogP contribution in [-0.2, 0) is 0 Å². The van der Waals surface area contributed by atoms with Crippen LogP contribution >= 0.6 is 0 Å². The summed E-state index contributed by atoms with van der Waals surface area (Å²) in [5, 5.41) is 0. The van der Waals surface area contributed by atoms with Gasteiger partial charge in [-0.25, -0.2) is 0 Å². The maximum Gasteiger partial charge on any atom is -0.0178 e. The number of rotatable bonds is 1. The molecule has 0 bridgehead atoms. The van der Waals surface area contributed by atoms with E-state index in [1.54, 1.807) is 5.57 Å². The Hall–Kier alpha value is -0.260. The van der Waals surface area contributed by atoms with E-state index in [-0.39, 0.29) is 0 Å². The summed E-state index contributed by atoms with van der Waals surface area (Å²) in [6.07, 6.45) is 16.0. The van der Waals surface area contributed by atoms with Crippen molar-refractivity contribution in [3.05, 3.63) is 12.2 Å². The SMILES string of the molecule is C=C1CCCCCC1C1CCCCCC1. The Kier molecular flexibility index (Phi) is 4.29. The van der Waals surface area contributed by atoms with E-state index < -0.39 is 0 Å². The molecule has 0 heteroatoms. The molecule has 15 heavy (non-hydrogen) atoms. The van der Waals surface area contributed by atoms with E-state index in [1.165, 1.54) is 70.6 Å². The van der Waals surface area contributed by atoms with Crippen molar-refractivity contribution in [2.75, 3.05) is 0 Å². The van der Waals surface area contributed by atoms with E-state index in [0.717, 1.165) is 11.8 Å². The molecule has 0 spiro atoms. The summed E-state index contributed by atoms with van der Waals surface area (Å²) in [5.41, 5.74) is 1.60. The first-order chi connectivity index (χ1) is 7.38. The highest BCUT2D eigenvalue weighted by Gasteiger charge is 2.25. The van der Waals surface area contributed by atoms with Crippen LogP contribution in [0.3, 0.4) is 0 Å². The van der Waals surface area contributed by atoms with Gasteiger partial charge in [-0.3, -0.25) is 0 Å². The van der Waals surface area contributed by atoms with Gasteiger partial charge in [-0.1, -0.05) is 50.7 Å². The van der Waals surface area contributed by atoms with Crippen molar-refractivity contribution in [2.45, 2.75) is 70.6 Å². The van der Waals surface area contributed by atoms with Crippen molar-refractivity contribution in [1.29, 1.82) is 0 Å². The summed E-state index contributed by atoms with van der Waals surface area (Å²) in [6.45, 7) is 4.36. The third kappa shape index (κ3) is 3.09. The second-order valence-electron chi connectivity index (χ2n) is 5.62. The van der Waals surface area contributed by atoms with Crippen molar-refractivity contribution in [3.8, 4) is 0 Å². The van der Waals surface area contributed by atoms with E-state index in [1.807, 2.05) is 0 Å². The Morgan fingerprint density at radius 1 is 0.733 bits per heavy atom. The molecule has 0 aromatic carbocycles. The van der Waals surface area contributed by atoms with Gasteiger partial charge in [0, 0.05) is 0 Å². The van der Waals surface area contributed by atoms with Crippen molar-refractivity contribution in [3.63, 3.8) is 0 Å². The van der Waals surface area contributed by atoms with Crippen molar-refractivity contribution in [2.24, 2.45) is 11.8 Å². The molecule has 0 aromatic rings. The maximum atomic E-state index is 4.36. The zero-order valence-corrected chi connectivity index (χ0v) is 10.1. The molecule has 2 fully saturated rings. The molecular formula is C15H26. The predicted molar refractivity (Wildman–Crippen MR) is 66.9 cm³/mol. The van der Waals surface area contributed by atoms with Crippen LogP contribution in [-0.4, -0.2) is 0 Å². The van der Waals surface area contributed by atoms with E-state index in [4.69, 9.17) is 0 Å². The summed E-state index contributed by atoms with van der Waals surface area (Å²) in [5.74, 6) is 1.89. The number of allylic oxidation sites excluding steroid dienone is 1. The van der Waals surface area contributed by atoms with Crippen LogP contribution in [0.4, 0.5) is 0 Å². The molecule has 2 aliphatic rings. The molecule has 0 N–H and O–H groups in total. The van der Waals surface area contributed by atoms with E-state index in [2.05, 4.69) is 6.58 Å². The Bertz CT molecular complexity index is 196. The average molecular weight is 206 g/mol. The van der Waals surface area contributed by atoms with Gasteiger partial charge in [0.2, 0.25) is 0 Å². The lowest BCUT2D eigenvalue weighted by atomic mass is 9.79. The van der Waals surface area contributed by atoms with Crippen molar-refractivity contribution in [1.82, 2.24) is 0 Å². The van der Waals surface area contributed by atoms with Gasteiger partial charge in [-0.15, -0.1) is 0 Å². The van der Waals surface area contributed by atoms with Gasteiger partial charge in [-0.2, -0.15) is 0 Å². The average Bonchev–Trinajstić information content (AvgIpc) is 2.59.